The van der Waals surface area contributed by atoms with E-state index in [0.717, 1.165) is 22.8 Å². The van der Waals surface area contributed by atoms with Crippen molar-refractivity contribution in [1.29, 1.82) is 0 Å². The Morgan fingerprint density at radius 3 is 2.45 bits per heavy atom. The molecule has 0 N–H and O–H groups in total. The van der Waals surface area contributed by atoms with Crippen molar-refractivity contribution in [3.05, 3.63) is 66.6 Å². The van der Waals surface area contributed by atoms with E-state index in [9.17, 15) is 4.79 Å². The summed E-state index contributed by atoms with van der Waals surface area (Å²) < 4.78 is 8.61. The van der Waals surface area contributed by atoms with Gasteiger partial charge in [0.15, 0.2) is 11.6 Å². The van der Waals surface area contributed by atoms with Crippen LogP contribution >= 0.6 is 0 Å². The molecule has 0 radical (unpaired) electrons. The molecular formula is C23H24N8O2. The molecule has 1 fully saturated rings. The number of anilines is 1. The standard InChI is InChI=1S/C23H24N8O2/c1-28-20(16-19(27-28)17-5-3-6-18(15-17)33-2)23(32)30-13-11-29(12-14-30)21-7-8-22(26-25-21)31-10-4-9-24-31/h3-10,15-16H,11-14H2,1-2H3. The Labute approximate surface area is 191 Å². The molecule has 33 heavy (non-hydrogen) atoms. The second-order valence-corrected chi connectivity index (χ2v) is 7.75. The Kier molecular flexibility index (Phi) is 5.47. The predicted octanol–water partition coefficient (Wildman–Crippen LogP) is 2.03. The Morgan fingerprint density at radius 2 is 1.76 bits per heavy atom. The summed E-state index contributed by atoms with van der Waals surface area (Å²) >= 11 is 0. The number of carbonyl (C=O) groups is 1. The molecule has 3 aromatic heterocycles. The van der Waals surface area contributed by atoms with E-state index < -0.39 is 0 Å². The third-order valence-electron chi connectivity index (χ3n) is 5.73. The molecule has 1 amide bonds. The number of benzene rings is 1. The number of carbonyl (C=O) groups excluding carboxylic acids is 1. The molecule has 10 nitrogen and oxygen atoms in total. The minimum Gasteiger partial charge on any atom is -0.497 e. The quantitative estimate of drug-likeness (QED) is 0.465. The zero-order valence-electron chi connectivity index (χ0n) is 18.5. The van der Waals surface area contributed by atoms with Crippen LogP contribution in [0.4, 0.5) is 5.82 Å². The zero-order chi connectivity index (χ0) is 22.8. The number of ether oxygens (including phenoxy) is 1. The number of piperazine rings is 1. The van der Waals surface area contributed by atoms with Gasteiger partial charge in [0.25, 0.3) is 5.91 Å². The molecule has 1 aliphatic heterocycles. The molecule has 0 aliphatic carbocycles. The number of methoxy groups -OCH3 is 1. The van der Waals surface area contributed by atoms with Crippen LogP contribution < -0.4 is 9.64 Å². The van der Waals surface area contributed by atoms with E-state index >= 15 is 0 Å². The number of hydrogen-bond donors (Lipinski definition) is 0. The molecule has 0 unspecified atom stereocenters. The summed E-state index contributed by atoms with van der Waals surface area (Å²) in [6, 6.07) is 15.2. The number of rotatable bonds is 5. The highest BCUT2D eigenvalue weighted by molar-refractivity contribution is 5.94. The van der Waals surface area contributed by atoms with Crippen LogP contribution in [0.5, 0.6) is 5.75 Å². The van der Waals surface area contributed by atoms with Gasteiger partial charge in [0, 0.05) is 51.2 Å². The fourth-order valence-electron chi connectivity index (χ4n) is 3.90. The minimum absolute atomic E-state index is 0.0288. The highest BCUT2D eigenvalue weighted by Gasteiger charge is 2.25. The number of nitrogens with zero attached hydrogens (tertiary/aromatic N) is 8. The second kappa shape index (κ2) is 8.73. The summed E-state index contributed by atoms with van der Waals surface area (Å²) in [6.45, 7) is 2.56. The largest absolute Gasteiger partial charge is 0.497 e. The van der Waals surface area contributed by atoms with Gasteiger partial charge < -0.3 is 14.5 Å². The summed E-state index contributed by atoms with van der Waals surface area (Å²) in [4.78, 5) is 17.2. The van der Waals surface area contributed by atoms with Gasteiger partial charge in [-0.1, -0.05) is 12.1 Å². The van der Waals surface area contributed by atoms with Crippen LogP contribution in [-0.2, 0) is 7.05 Å². The zero-order valence-corrected chi connectivity index (χ0v) is 18.5. The summed E-state index contributed by atoms with van der Waals surface area (Å²) in [5, 5.41) is 17.3. The van der Waals surface area contributed by atoms with Crippen molar-refractivity contribution in [1.82, 2.24) is 34.7 Å². The lowest BCUT2D eigenvalue weighted by Gasteiger charge is -2.35. The van der Waals surface area contributed by atoms with Gasteiger partial charge in [-0.15, -0.1) is 10.2 Å². The molecule has 1 aromatic carbocycles. The van der Waals surface area contributed by atoms with Gasteiger partial charge in [-0.2, -0.15) is 10.2 Å². The number of aromatic nitrogens is 6. The van der Waals surface area contributed by atoms with E-state index in [4.69, 9.17) is 4.74 Å². The van der Waals surface area contributed by atoms with E-state index in [0.29, 0.717) is 37.7 Å². The fourth-order valence-corrected chi connectivity index (χ4v) is 3.90. The molecule has 0 spiro atoms. The first-order valence-corrected chi connectivity index (χ1v) is 10.7. The van der Waals surface area contributed by atoms with E-state index in [-0.39, 0.29) is 5.91 Å². The van der Waals surface area contributed by atoms with E-state index in [1.807, 2.05) is 59.6 Å². The van der Waals surface area contributed by atoms with E-state index in [2.05, 4.69) is 25.3 Å². The van der Waals surface area contributed by atoms with Crippen LogP contribution in [0.15, 0.2) is 60.9 Å². The number of hydrogen-bond acceptors (Lipinski definition) is 7. The van der Waals surface area contributed by atoms with Gasteiger partial charge in [-0.3, -0.25) is 9.48 Å². The lowest BCUT2D eigenvalue weighted by Crippen LogP contribution is -2.49. The first kappa shape index (κ1) is 20.7. The van der Waals surface area contributed by atoms with Crippen molar-refractivity contribution >= 4 is 11.7 Å². The van der Waals surface area contributed by atoms with Crippen molar-refractivity contribution in [3.8, 4) is 22.8 Å². The SMILES string of the molecule is COc1cccc(-c2cc(C(=O)N3CCN(c4ccc(-n5cccn5)nn4)CC3)n(C)n2)c1. The third kappa shape index (κ3) is 4.14. The van der Waals surface area contributed by atoms with Gasteiger partial charge in [-0.05, 0) is 36.4 Å². The van der Waals surface area contributed by atoms with Gasteiger partial charge >= 0.3 is 0 Å². The Morgan fingerprint density at radius 1 is 0.970 bits per heavy atom. The molecule has 0 bridgehead atoms. The summed E-state index contributed by atoms with van der Waals surface area (Å²) in [6.07, 6.45) is 3.53. The van der Waals surface area contributed by atoms with Crippen molar-refractivity contribution in [2.45, 2.75) is 0 Å². The average molecular weight is 444 g/mol. The number of amides is 1. The fraction of sp³-hybridized carbons (Fsp3) is 0.261. The van der Waals surface area contributed by atoms with E-state index in [1.165, 1.54) is 0 Å². The van der Waals surface area contributed by atoms with Crippen LogP contribution in [0.2, 0.25) is 0 Å². The minimum atomic E-state index is -0.0288. The summed E-state index contributed by atoms with van der Waals surface area (Å²) in [5.74, 6) is 2.18. The van der Waals surface area contributed by atoms with E-state index in [1.54, 1.807) is 29.7 Å². The van der Waals surface area contributed by atoms with Crippen LogP contribution in [0.25, 0.3) is 17.1 Å². The topological polar surface area (TPSA) is 94.2 Å². The normalized spacial score (nSPS) is 13.9. The second-order valence-electron chi connectivity index (χ2n) is 7.75. The van der Waals surface area contributed by atoms with Crippen molar-refractivity contribution in [3.63, 3.8) is 0 Å². The molecule has 0 saturated carbocycles. The molecule has 1 saturated heterocycles. The van der Waals surface area contributed by atoms with Gasteiger partial charge in [0.2, 0.25) is 0 Å². The highest BCUT2D eigenvalue weighted by atomic mass is 16.5. The van der Waals surface area contributed by atoms with Crippen LogP contribution in [0.3, 0.4) is 0 Å². The highest BCUT2D eigenvalue weighted by Crippen LogP contribution is 2.24. The number of aryl methyl sites for hydroxylation is 1. The molecule has 4 heterocycles. The van der Waals surface area contributed by atoms with Crippen molar-refractivity contribution in [2.24, 2.45) is 7.05 Å². The van der Waals surface area contributed by atoms with Crippen LogP contribution in [0.1, 0.15) is 10.5 Å². The van der Waals surface area contributed by atoms with Gasteiger partial charge in [-0.25, -0.2) is 4.68 Å². The third-order valence-corrected chi connectivity index (χ3v) is 5.73. The van der Waals surface area contributed by atoms with Crippen LogP contribution in [-0.4, -0.2) is 73.9 Å². The first-order valence-electron chi connectivity index (χ1n) is 10.7. The molecule has 168 valence electrons. The smallest absolute Gasteiger partial charge is 0.272 e. The molecule has 10 heteroatoms. The maximum Gasteiger partial charge on any atom is 0.272 e. The van der Waals surface area contributed by atoms with Gasteiger partial charge in [0.05, 0.1) is 12.8 Å². The molecule has 1 aliphatic rings. The lowest BCUT2D eigenvalue weighted by molar-refractivity contribution is 0.0735. The molecule has 0 atom stereocenters. The van der Waals surface area contributed by atoms with Crippen molar-refractivity contribution < 1.29 is 9.53 Å². The Balaban J connectivity index is 1.25. The maximum atomic E-state index is 13.2. The van der Waals surface area contributed by atoms with Crippen LogP contribution in [0, 0.1) is 0 Å². The summed E-state index contributed by atoms with van der Waals surface area (Å²) in [7, 11) is 3.43. The predicted molar refractivity (Wildman–Crippen MR) is 122 cm³/mol. The maximum absolute atomic E-state index is 13.2. The molecule has 4 aromatic rings. The monoisotopic (exact) mass is 444 g/mol. The average Bonchev–Trinajstić information content (AvgIpc) is 3.54. The lowest BCUT2D eigenvalue weighted by atomic mass is 10.1. The first-order chi connectivity index (χ1) is 16.1. The Hall–Kier alpha value is -4.21. The van der Waals surface area contributed by atoms with Crippen molar-refractivity contribution in [2.75, 3.05) is 38.2 Å². The molecule has 5 rings (SSSR count). The Bertz CT molecular complexity index is 1240. The summed E-state index contributed by atoms with van der Waals surface area (Å²) in [5.41, 5.74) is 2.21. The molecular weight excluding hydrogens is 420 g/mol. The van der Waals surface area contributed by atoms with Gasteiger partial charge in [0.1, 0.15) is 11.4 Å².